The van der Waals surface area contributed by atoms with Crippen molar-refractivity contribution in [1.29, 1.82) is 0 Å². The molecule has 2 aromatic carbocycles. The van der Waals surface area contributed by atoms with Gasteiger partial charge in [-0.3, -0.25) is 0 Å². The van der Waals surface area contributed by atoms with Gasteiger partial charge in [0.05, 0.1) is 6.61 Å². The molecule has 0 spiro atoms. The quantitative estimate of drug-likeness (QED) is 0.897. The number of halogens is 2. The number of hydrogen-bond donors (Lipinski definition) is 1. The molecular weight excluding hydrogens is 326 g/mol. The predicted octanol–water partition coefficient (Wildman–Crippen LogP) is 3.92. The Morgan fingerprint density at radius 3 is 2.80 bits per heavy atom. The summed E-state index contributed by atoms with van der Waals surface area (Å²) < 4.78 is 32.9. The van der Waals surface area contributed by atoms with Crippen LogP contribution in [-0.2, 0) is 6.42 Å². The second-order valence-corrected chi connectivity index (χ2v) is 6.42. The molecule has 0 unspecified atom stereocenters. The molecule has 1 fully saturated rings. The number of amides is 2. The van der Waals surface area contributed by atoms with E-state index in [2.05, 4.69) is 11.4 Å². The van der Waals surface area contributed by atoms with Crippen molar-refractivity contribution in [3.8, 4) is 5.75 Å². The van der Waals surface area contributed by atoms with Gasteiger partial charge in [-0.25, -0.2) is 13.6 Å². The van der Waals surface area contributed by atoms with E-state index in [-0.39, 0.29) is 5.92 Å². The molecule has 0 aliphatic carbocycles. The Hall–Kier alpha value is -2.63. The fourth-order valence-electron chi connectivity index (χ4n) is 3.48. The van der Waals surface area contributed by atoms with Crippen molar-refractivity contribution in [2.45, 2.75) is 18.8 Å². The highest BCUT2D eigenvalue weighted by Crippen LogP contribution is 2.33. The number of likely N-dealkylation sites (tertiary alicyclic amines) is 1. The van der Waals surface area contributed by atoms with Crippen LogP contribution in [-0.4, -0.2) is 30.6 Å². The Kier molecular flexibility index (Phi) is 4.03. The third kappa shape index (κ3) is 3.04. The molecule has 130 valence electrons. The lowest BCUT2D eigenvalue weighted by atomic mass is 9.96. The van der Waals surface area contributed by atoms with Gasteiger partial charge in [0.25, 0.3) is 0 Å². The topological polar surface area (TPSA) is 41.6 Å². The number of carbonyl (C=O) groups excluding carboxylic acids is 1. The number of rotatable bonds is 2. The number of hydrogen-bond acceptors (Lipinski definition) is 2. The average molecular weight is 344 g/mol. The minimum atomic E-state index is -0.775. The second-order valence-electron chi connectivity index (χ2n) is 6.42. The van der Waals surface area contributed by atoms with Gasteiger partial charge in [-0.15, -0.1) is 0 Å². The summed E-state index contributed by atoms with van der Waals surface area (Å²) in [6.45, 7) is 1.80. The standard InChI is InChI=1S/C19H18F2N2O2/c20-15-2-1-3-16(21)18(15)22-19(24)23-8-6-14(11-23)12-4-5-17-13(10-12)7-9-25-17/h1-5,10,14H,6-9,11H2,(H,22,24)/t14-/m1/s1. The largest absolute Gasteiger partial charge is 0.493 e. The van der Waals surface area contributed by atoms with Crippen molar-refractivity contribution in [2.24, 2.45) is 0 Å². The van der Waals surface area contributed by atoms with Gasteiger partial charge in [0.15, 0.2) is 0 Å². The molecule has 0 saturated carbocycles. The molecule has 2 aromatic rings. The highest BCUT2D eigenvalue weighted by molar-refractivity contribution is 5.89. The van der Waals surface area contributed by atoms with Gasteiger partial charge in [-0.1, -0.05) is 18.2 Å². The fraction of sp³-hybridized carbons (Fsp3) is 0.316. The van der Waals surface area contributed by atoms with Crippen LogP contribution < -0.4 is 10.1 Å². The van der Waals surface area contributed by atoms with Gasteiger partial charge in [0.1, 0.15) is 23.1 Å². The van der Waals surface area contributed by atoms with Crippen LogP contribution in [0.3, 0.4) is 0 Å². The summed E-state index contributed by atoms with van der Waals surface area (Å²) in [5.74, 6) is -0.390. The lowest BCUT2D eigenvalue weighted by molar-refractivity contribution is 0.221. The highest BCUT2D eigenvalue weighted by Gasteiger charge is 2.29. The number of fused-ring (bicyclic) bond motifs is 1. The van der Waals surface area contributed by atoms with Crippen LogP contribution >= 0.6 is 0 Å². The SMILES string of the molecule is O=C(Nc1c(F)cccc1F)N1CC[C@@H](c2ccc3c(c2)CCO3)C1. The van der Waals surface area contributed by atoms with E-state index in [1.807, 2.05) is 12.1 Å². The van der Waals surface area contributed by atoms with E-state index in [1.165, 1.54) is 17.2 Å². The summed E-state index contributed by atoms with van der Waals surface area (Å²) >= 11 is 0. The van der Waals surface area contributed by atoms with Crippen molar-refractivity contribution < 1.29 is 18.3 Å². The first-order valence-electron chi connectivity index (χ1n) is 8.37. The van der Waals surface area contributed by atoms with E-state index in [4.69, 9.17) is 4.74 Å². The Balaban J connectivity index is 1.44. The number of ether oxygens (including phenoxy) is 1. The van der Waals surface area contributed by atoms with E-state index in [9.17, 15) is 13.6 Å². The van der Waals surface area contributed by atoms with Crippen molar-refractivity contribution in [2.75, 3.05) is 25.0 Å². The Labute approximate surface area is 144 Å². The number of benzene rings is 2. The molecule has 0 bridgehead atoms. The minimum absolute atomic E-state index is 0.224. The smallest absolute Gasteiger partial charge is 0.322 e. The van der Waals surface area contributed by atoms with E-state index in [1.54, 1.807) is 4.90 Å². The van der Waals surface area contributed by atoms with Crippen LogP contribution in [0, 0.1) is 11.6 Å². The lowest BCUT2D eigenvalue weighted by Crippen LogP contribution is -2.33. The summed E-state index contributed by atoms with van der Waals surface area (Å²) in [6.07, 6.45) is 1.74. The van der Waals surface area contributed by atoms with Gasteiger partial charge in [0.2, 0.25) is 0 Å². The predicted molar refractivity (Wildman–Crippen MR) is 89.9 cm³/mol. The number of anilines is 1. The molecule has 1 atom stereocenters. The molecule has 0 radical (unpaired) electrons. The third-order valence-corrected chi connectivity index (χ3v) is 4.86. The molecule has 1 saturated heterocycles. The zero-order valence-electron chi connectivity index (χ0n) is 13.6. The molecule has 0 aromatic heterocycles. The summed E-state index contributed by atoms with van der Waals surface area (Å²) in [4.78, 5) is 13.9. The molecule has 4 rings (SSSR count). The van der Waals surface area contributed by atoms with Crippen molar-refractivity contribution in [1.82, 2.24) is 4.90 Å². The highest BCUT2D eigenvalue weighted by atomic mass is 19.1. The molecular formula is C19H18F2N2O2. The molecule has 2 aliphatic rings. The van der Waals surface area contributed by atoms with Gasteiger partial charge in [-0.05, 0) is 35.7 Å². The molecule has 1 N–H and O–H groups in total. The summed E-state index contributed by atoms with van der Waals surface area (Å²) in [7, 11) is 0. The molecule has 2 aliphatic heterocycles. The average Bonchev–Trinajstić information content (AvgIpc) is 3.26. The number of para-hydroxylation sites is 1. The Bertz CT molecular complexity index is 805. The molecule has 2 heterocycles. The van der Waals surface area contributed by atoms with Crippen LogP contribution in [0.5, 0.6) is 5.75 Å². The maximum atomic E-state index is 13.7. The first-order valence-corrected chi connectivity index (χ1v) is 8.37. The summed E-state index contributed by atoms with van der Waals surface area (Å²) in [5, 5.41) is 2.35. The normalized spacial score (nSPS) is 18.8. The molecule has 4 nitrogen and oxygen atoms in total. The molecule has 6 heteroatoms. The number of urea groups is 1. The van der Waals surface area contributed by atoms with Crippen LogP contribution in [0.2, 0.25) is 0 Å². The molecule has 25 heavy (non-hydrogen) atoms. The maximum absolute atomic E-state index is 13.7. The summed E-state index contributed by atoms with van der Waals surface area (Å²) in [6, 6.07) is 9.20. The second kappa shape index (κ2) is 6.35. The zero-order chi connectivity index (χ0) is 17.4. The van der Waals surface area contributed by atoms with Gasteiger partial charge in [-0.2, -0.15) is 0 Å². The van der Waals surface area contributed by atoms with E-state index >= 15 is 0 Å². The zero-order valence-corrected chi connectivity index (χ0v) is 13.6. The van der Waals surface area contributed by atoms with Gasteiger partial charge < -0.3 is 15.0 Å². The van der Waals surface area contributed by atoms with Crippen LogP contribution in [0.25, 0.3) is 0 Å². The Morgan fingerprint density at radius 2 is 2.00 bits per heavy atom. The summed E-state index contributed by atoms with van der Waals surface area (Å²) in [5.41, 5.74) is 1.98. The number of carbonyl (C=O) groups is 1. The van der Waals surface area contributed by atoms with Gasteiger partial charge in [0, 0.05) is 25.4 Å². The Morgan fingerprint density at radius 1 is 1.20 bits per heavy atom. The monoisotopic (exact) mass is 344 g/mol. The maximum Gasteiger partial charge on any atom is 0.322 e. The van der Waals surface area contributed by atoms with E-state index < -0.39 is 23.4 Å². The van der Waals surface area contributed by atoms with Gasteiger partial charge >= 0.3 is 6.03 Å². The first-order chi connectivity index (χ1) is 12.1. The number of nitrogens with one attached hydrogen (secondary N) is 1. The van der Waals surface area contributed by atoms with E-state index in [0.717, 1.165) is 30.7 Å². The van der Waals surface area contributed by atoms with Crippen LogP contribution in [0.15, 0.2) is 36.4 Å². The molecule has 2 amide bonds. The number of nitrogens with zero attached hydrogens (tertiary/aromatic N) is 1. The first kappa shape index (κ1) is 15.9. The third-order valence-electron chi connectivity index (χ3n) is 4.86. The lowest BCUT2D eigenvalue weighted by Gasteiger charge is -2.18. The van der Waals surface area contributed by atoms with Crippen LogP contribution in [0.4, 0.5) is 19.3 Å². The van der Waals surface area contributed by atoms with Crippen LogP contribution in [0.1, 0.15) is 23.5 Å². The fourth-order valence-corrected chi connectivity index (χ4v) is 3.48. The minimum Gasteiger partial charge on any atom is -0.493 e. The van der Waals surface area contributed by atoms with Crippen molar-refractivity contribution in [3.63, 3.8) is 0 Å². The van der Waals surface area contributed by atoms with Crippen molar-refractivity contribution in [3.05, 3.63) is 59.2 Å². The van der Waals surface area contributed by atoms with Crippen molar-refractivity contribution >= 4 is 11.7 Å². The van der Waals surface area contributed by atoms with E-state index in [0.29, 0.717) is 19.7 Å².